The van der Waals surface area contributed by atoms with E-state index in [1.54, 1.807) is 0 Å². The lowest BCUT2D eigenvalue weighted by Crippen LogP contribution is -2.38. The number of aryl methyl sites for hydroxylation is 1. The van der Waals surface area contributed by atoms with Gasteiger partial charge in [0.15, 0.2) is 0 Å². The highest BCUT2D eigenvalue weighted by Crippen LogP contribution is 2.35. The Bertz CT molecular complexity index is 456. The van der Waals surface area contributed by atoms with Crippen molar-refractivity contribution in [2.75, 3.05) is 29.9 Å². The number of hydrogen-bond acceptors (Lipinski definition) is 4. The summed E-state index contributed by atoms with van der Waals surface area (Å²) >= 11 is 0. The molecule has 0 bridgehead atoms. The van der Waals surface area contributed by atoms with Crippen molar-refractivity contribution >= 4 is 11.8 Å². The van der Waals surface area contributed by atoms with Gasteiger partial charge >= 0.3 is 0 Å². The second-order valence-corrected chi connectivity index (χ2v) is 7.25. The molecule has 0 amide bonds. The van der Waals surface area contributed by atoms with Crippen molar-refractivity contribution in [3.8, 4) is 0 Å². The maximum atomic E-state index is 4.72. The van der Waals surface area contributed by atoms with E-state index in [0.29, 0.717) is 5.41 Å². The molecule has 4 nitrogen and oxygen atoms in total. The normalized spacial score (nSPS) is 17.1. The van der Waals surface area contributed by atoms with Crippen LogP contribution >= 0.6 is 0 Å². The SMILES string of the molecule is CCCNc1ncc(C)c(N2CCC(C(C)(C)C)CC2)n1. The van der Waals surface area contributed by atoms with E-state index in [4.69, 9.17) is 4.98 Å². The summed E-state index contributed by atoms with van der Waals surface area (Å²) in [5.74, 6) is 2.68. The van der Waals surface area contributed by atoms with Crippen LogP contribution < -0.4 is 10.2 Å². The van der Waals surface area contributed by atoms with Crippen molar-refractivity contribution in [1.82, 2.24) is 9.97 Å². The van der Waals surface area contributed by atoms with Crippen LogP contribution in [0.15, 0.2) is 6.20 Å². The number of hydrogen-bond donors (Lipinski definition) is 1. The average molecular weight is 290 g/mol. The summed E-state index contributed by atoms with van der Waals surface area (Å²) in [4.78, 5) is 11.5. The maximum absolute atomic E-state index is 4.72. The van der Waals surface area contributed by atoms with Gasteiger partial charge in [-0.1, -0.05) is 27.7 Å². The Morgan fingerprint density at radius 1 is 1.29 bits per heavy atom. The number of rotatable bonds is 4. The minimum Gasteiger partial charge on any atom is -0.356 e. The predicted octanol–water partition coefficient (Wildman–Crippen LogP) is 3.87. The van der Waals surface area contributed by atoms with Crippen LogP contribution in [0.4, 0.5) is 11.8 Å². The first-order chi connectivity index (χ1) is 9.91. The molecule has 4 heteroatoms. The van der Waals surface area contributed by atoms with E-state index in [2.05, 4.69) is 49.8 Å². The molecule has 2 rings (SSSR count). The van der Waals surface area contributed by atoms with Crippen molar-refractivity contribution in [2.24, 2.45) is 11.3 Å². The standard InChI is InChI=1S/C17H30N4/c1-6-9-18-16-19-12-13(2)15(20-16)21-10-7-14(8-11-21)17(3,4)5/h12,14H,6-11H2,1-5H3,(H,18,19,20). The molecule has 1 N–H and O–H groups in total. The van der Waals surface area contributed by atoms with Crippen LogP contribution in [-0.4, -0.2) is 29.6 Å². The number of nitrogens with one attached hydrogen (secondary N) is 1. The van der Waals surface area contributed by atoms with Gasteiger partial charge in [-0.3, -0.25) is 0 Å². The lowest BCUT2D eigenvalue weighted by atomic mass is 9.75. The quantitative estimate of drug-likeness (QED) is 0.914. The van der Waals surface area contributed by atoms with Gasteiger partial charge in [0.05, 0.1) is 0 Å². The molecule has 1 fully saturated rings. The zero-order valence-corrected chi connectivity index (χ0v) is 14.2. The van der Waals surface area contributed by atoms with Gasteiger partial charge in [0, 0.05) is 31.4 Å². The van der Waals surface area contributed by atoms with Gasteiger partial charge < -0.3 is 10.2 Å². The smallest absolute Gasteiger partial charge is 0.224 e. The first-order valence-electron chi connectivity index (χ1n) is 8.24. The summed E-state index contributed by atoms with van der Waals surface area (Å²) in [6.45, 7) is 14.5. The summed E-state index contributed by atoms with van der Waals surface area (Å²) in [5.41, 5.74) is 1.59. The van der Waals surface area contributed by atoms with Crippen LogP contribution in [0, 0.1) is 18.3 Å². The zero-order chi connectivity index (χ0) is 15.5. The molecule has 21 heavy (non-hydrogen) atoms. The highest BCUT2D eigenvalue weighted by atomic mass is 15.2. The van der Waals surface area contributed by atoms with Crippen LogP contribution in [0.1, 0.15) is 52.5 Å². The van der Waals surface area contributed by atoms with E-state index in [1.807, 2.05) is 6.20 Å². The predicted molar refractivity (Wildman–Crippen MR) is 89.9 cm³/mol. The highest BCUT2D eigenvalue weighted by molar-refractivity contribution is 5.49. The molecule has 0 atom stereocenters. The van der Waals surface area contributed by atoms with Crippen molar-refractivity contribution < 1.29 is 0 Å². The lowest BCUT2D eigenvalue weighted by Gasteiger charge is -2.39. The second kappa shape index (κ2) is 6.63. The summed E-state index contributed by atoms with van der Waals surface area (Å²) < 4.78 is 0. The van der Waals surface area contributed by atoms with Gasteiger partial charge in [-0.15, -0.1) is 0 Å². The maximum Gasteiger partial charge on any atom is 0.224 e. The molecule has 0 radical (unpaired) electrons. The van der Waals surface area contributed by atoms with Crippen LogP contribution in [-0.2, 0) is 0 Å². The zero-order valence-electron chi connectivity index (χ0n) is 14.2. The van der Waals surface area contributed by atoms with Gasteiger partial charge in [0.25, 0.3) is 0 Å². The van der Waals surface area contributed by atoms with E-state index in [0.717, 1.165) is 43.7 Å². The summed E-state index contributed by atoms with van der Waals surface area (Å²) in [6.07, 6.45) is 5.54. The average Bonchev–Trinajstić information content (AvgIpc) is 2.46. The topological polar surface area (TPSA) is 41.1 Å². The van der Waals surface area contributed by atoms with E-state index in [9.17, 15) is 0 Å². The lowest BCUT2D eigenvalue weighted by molar-refractivity contribution is 0.198. The molecular formula is C17H30N4. The Morgan fingerprint density at radius 2 is 1.95 bits per heavy atom. The van der Waals surface area contributed by atoms with E-state index in [1.165, 1.54) is 18.4 Å². The summed E-state index contributed by atoms with van der Waals surface area (Å²) in [6, 6.07) is 0. The van der Waals surface area contributed by atoms with Gasteiger partial charge in [0.2, 0.25) is 5.95 Å². The van der Waals surface area contributed by atoms with Crippen molar-refractivity contribution in [3.05, 3.63) is 11.8 Å². The van der Waals surface area contributed by atoms with Crippen molar-refractivity contribution in [3.63, 3.8) is 0 Å². The summed E-state index contributed by atoms with van der Waals surface area (Å²) in [5, 5.41) is 3.29. The van der Waals surface area contributed by atoms with Gasteiger partial charge in [-0.05, 0) is 37.5 Å². The Balaban J connectivity index is 2.05. The van der Waals surface area contributed by atoms with Crippen LogP contribution in [0.2, 0.25) is 0 Å². The van der Waals surface area contributed by atoms with Gasteiger partial charge in [0.1, 0.15) is 5.82 Å². The molecule has 118 valence electrons. The molecule has 0 saturated carbocycles. The molecule has 1 aromatic rings. The number of piperidine rings is 1. The van der Waals surface area contributed by atoms with Crippen LogP contribution in [0.3, 0.4) is 0 Å². The van der Waals surface area contributed by atoms with Gasteiger partial charge in [-0.2, -0.15) is 4.98 Å². The second-order valence-electron chi connectivity index (χ2n) is 7.25. The number of nitrogens with zero attached hydrogens (tertiary/aromatic N) is 3. The molecular weight excluding hydrogens is 260 g/mol. The fourth-order valence-electron chi connectivity index (χ4n) is 3.03. The fourth-order valence-corrected chi connectivity index (χ4v) is 3.03. The third-order valence-corrected chi connectivity index (χ3v) is 4.50. The molecule has 0 spiro atoms. The van der Waals surface area contributed by atoms with E-state index in [-0.39, 0.29) is 0 Å². The monoisotopic (exact) mass is 290 g/mol. The molecule has 0 aromatic carbocycles. The summed E-state index contributed by atoms with van der Waals surface area (Å²) in [7, 11) is 0. The fraction of sp³-hybridized carbons (Fsp3) is 0.765. The number of anilines is 2. The minimum atomic E-state index is 0.417. The molecule has 1 saturated heterocycles. The third kappa shape index (κ3) is 4.08. The Hall–Kier alpha value is -1.32. The molecule has 1 aliphatic heterocycles. The third-order valence-electron chi connectivity index (χ3n) is 4.50. The minimum absolute atomic E-state index is 0.417. The molecule has 0 aliphatic carbocycles. The van der Waals surface area contributed by atoms with Gasteiger partial charge in [-0.25, -0.2) is 4.98 Å². The largest absolute Gasteiger partial charge is 0.356 e. The Kier molecular flexibility index (Phi) is 5.07. The Morgan fingerprint density at radius 3 is 2.52 bits per heavy atom. The van der Waals surface area contributed by atoms with Crippen molar-refractivity contribution in [2.45, 2.75) is 53.9 Å². The number of aromatic nitrogens is 2. The van der Waals surface area contributed by atoms with Crippen LogP contribution in [0.5, 0.6) is 0 Å². The van der Waals surface area contributed by atoms with Crippen LogP contribution in [0.25, 0.3) is 0 Å². The Labute approximate surface area is 129 Å². The van der Waals surface area contributed by atoms with E-state index >= 15 is 0 Å². The first kappa shape index (κ1) is 16.1. The first-order valence-corrected chi connectivity index (χ1v) is 8.24. The highest BCUT2D eigenvalue weighted by Gasteiger charge is 2.29. The van der Waals surface area contributed by atoms with E-state index < -0.39 is 0 Å². The molecule has 1 aromatic heterocycles. The van der Waals surface area contributed by atoms with Crippen molar-refractivity contribution in [1.29, 1.82) is 0 Å². The molecule has 2 heterocycles. The molecule has 0 unspecified atom stereocenters. The molecule has 1 aliphatic rings.